The number of aliphatic hydroxyl groups excluding tert-OH is 1. The highest BCUT2D eigenvalue weighted by Crippen LogP contribution is 2.18. The summed E-state index contributed by atoms with van der Waals surface area (Å²) in [5.74, 6) is 0. The van der Waals surface area contributed by atoms with E-state index in [1.807, 2.05) is 21.0 Å². The zero-order valence-electron chi connectivity index (χ0n) is 8.04. The molecule has 4 heteroatoms. The van der Waals surface area contributed by atoms with E-state index in [4.69, 9.17) is 5.11 Å². The molecule has 0 aliphatic rings. The topological polar surface area (TPSA) is 37.3 Å². The van der Waals surface area contributed by atoms with Gasteiger partial charge in [0, 0.05) is 6.42 Å². The van der Waals surface area contributed by atoms with Gasteiger partial charge in [-0.05, 0) is 6.42 Å². The van der Waals surface area contributed by atoms with E-state index in [2.05, 4.69) is 0 Å². The van der Waals surface area contributed by atoms with Gasteiger partial charge >= 0.3 is 0 Å². The Bertz CT molecular complexity index is 148. The number of aliphatic hydroxyl groups is 1. The van der Waals surface area contributed by atoms with Gasteiger partial charge in [-0.3, -0.25) is 8.68 Å². The third kappa shape index (κ3) is 5.57. The maximum absolute atomic E-state index is 11.2. The van der Waals surface area contributed by atoms with Crippen LogP contribution in [0.15, 0.2) is 0 Å². The lowest BCUT2D eigenvalue weighted by atomic mass is 10.4. The lowest BCUT2D eigenvalue weighted by Gasteiger charge is -2.24. The SMILES string of the molecule is CCCC(=O)S[N+](C)(C)CCO. The second kappa shape index (κ2) is 5.56. The van der Waals surface area contributed by atoms with Gasteiger partial charge < -0.3 is 5.11 Å². The molecule has 0 rings (SSSR count). The first-order valence-corrected chi connectivity index (χ1v) is 4.95. The average molecular weight is 192 g/mol. The van der Waals surface area contributed by atoms with Crippen molar-refractivity contribution in [2.75, 3.05) is 27.2 Å². The predicted molar refractivity (Wildman–Crippen MR) is 51.6 cm³/mol. The normalized spacial score (nSPS) is 11.7. The Labute approximate surface area is 78.5 Å². The van der Waals surface area contributed by atoms with Crippen molar-refractivity contribution in [3.8, 4) is 0 Å². The molecule has 0 atom stereocenters. The van der Waals surface area contributed by atoms with Crippen LogP contribution in [-0.4, -0.2) is 41.4 Å². The van der Waals surface area contributed by atoms with Crippen LogP contribution in [0.2, 0.25) is 0 Å². The second-order valence-electron chi connectivity index (χ2n) is 3.23. The first kappa shape index (κ1) is 11.9. The molecule has 1 N–H and O–H groups in total. The molecule has 72 valence electrons. The molecular weight excluding hydrogens is 174 g/mol. The number of quaternary nitrogens is 1. The minimum absolute atomic E-state index is 0.124. The van der Waals surface area contributed by atoms with Crippen LogP contribution in [-0.2, 0) is 4.79 Å². The molecule has 0 amide bonds. The van der Waals surface area contributed by atoms with Gasteiger partial charge in [0.05, 0.1) is 20.7 Å². The van der Waals surface area contributed by atoms with E-state index in [1.54, 1.807) is 0 Å². The van der Waals surface area contributed by atoms with E-state index in [-0.39, 0.29) is 11.7 Å². The lowest BCUT2D eigenvalue weighted by molar-refractivity contribution is -0.750. The minimum atomic E-state index is 0.124. The zero-order chi connectivity index (χ0) is 9.61. The third-order valence-electron chi connectivity index (χ3n) is 1.44. The van der Waals surface area contributed by atoms with Gasteiger partial charge in [-0.1, -0.05) is 6.92 Å². The van der Waals surface area contributed by atoms with E-state index in [9.17, 15) is 4.79 Å². The Morgan fingerprint density at radius 1 is 1.50 bits per heavy atom. The van der Waals surface area contributed by atoms with Crippen molar-refractivity contribution in [2.24, 2.45) is 0 Å². The van der Waals surface area contributed by atoms with Crippen molar-refractivity contribution in [1.82, 2.24) is 0 Å². The van der Waals surface area contributed by atoms with Gasteiger partial charge in [-0.25, -0.2) is 0 Å². The monoisotopic (exact) mass is 192 g/mol. The third-order valence-corrected chi connectivity index (χ3v) is 2.53. The maximum Gasteiger partial charge on any atom is 0.246 e. The van der Waals surface area contributed by atoms with Gasteiger partial charge in [0.1, 0.15) is 6.54 Å². The molecule has 0 spiro atoms. The van der Waals surface area contributed by atoms with Crippen molar-refractivity contribution in [3.05, 3.63) is 0 Å². The average Bonchev–Trinajstić information content (AvgIpc) is 1.85. The molecule has 0 saturated heterocycles. The lowest BCUT2D eigenvalue weighted by Crippen LogP contribution is -2.35. The Kier molecular flexibility index (Phi) is 5.53. The highest BCUT2D eigenvalue weighted by Gasteiger charge is 2.21. The molecule has 0 heterocycles. The molecule has 0 fully saturated rings. The van der Waals surface area contributed by atoms with Gasteiger partial charge in [0.15, 0.2) is 11.9 Å². The van der Waals surface area contributed by atoms with E-state index in [0.29, 0.717) is 16.9 Å². The smallest absolute Gasteiger partial charge is 0.246 e. The summed E-state index contributed by atoms with van der Waals surface area (Å²) >= 11 is 1.29. The summed E-state index contributed by atoms with van der Waals surface area (Å²) in [7, 11) is 3.85. The Balaban J connectivity index is 3.79. The fourth-order valence-corrected chi connectivity index (χ4v) is 1.83. The van der Waals surface area contributed by atoms with Crippen molar-refractivity contribution in [3.63, 3.8) is 0 Å². The summed E-state index contributed by atoms with van der Waals surface area (Å²) in [6.45, 7) is 2.73. The van der Waals surface area contributed by atoms with Crippen LogP contribution >= 0.6 is 11.9 Å². The molecule has 0 aliphatic carbocycles. The second-order valence-corrected chi connectivity index (χ2v) is 4.86. The quantitative estimate of drug-likeness (QED) is 0.522. The number of hydrogen-bond acceptors (Lipinski definition) is 3. The van der Waals surface area contributed by atoms with Gasteiger partial charge in [-0.2, -0.15) is 0 Å². The molecule has 12 heavy (non-hydrogen) atoms. The number of carbonyl (C=O) groups is 1. The fraction of sp³-hybridized carbons (Fsp3) is 0.875. The fourth-order valence-electron chi connectivity index (χ4n) is 0.812. The van der Waals surface area contributed by atoms with Crippen molar-refractivity contribution in [2.45, 2.75) is 19.8 Å². The van der Waals surface area contributed by atoms with Gasteiger partial charge in [0.2, 0.25) is 5.12 Å². The summed E-state index contributed by atoms with van der Waals surface area (Å²) in [5.41, 5.74) is 0. The summed E-state index contributed by atoms with van der Waals surface area (Å²) in [6.07, 6.45) is 1.52. The van der Waals surface area contributed by atoms with E-state index >= 15 is 0 Å². The molecular formula is C8H18NO2S+. The molecule has 0 aromatic carbocycles. The Hall–Kier alpha value is -0.0600. The molecule has 0 saturated carbocycles. The summed E-state index contributed by atoms with van der Waals surface area (Å²) < 4.78 is 0.509. The van der Waals surface area contributed by atoms with Crippen LogP contribution in [0, 0.1) is 0 Å². The molecule has 0 aromatic rings. The molecule has 3 nitrogen and oxygen atoms in total. The number of likely N-dealkylation sites (N-methyl/N-ethyl adjacent to an activating group) is 1. The Morgan fingerprint density at radius 2 is 2.08 bits per heavy atom. The molecule has 0 aromatic heterocycles. The van der Waals surface area contributed by atoms with Crippen LogP contribution < -0.4 is 0 Å². The largest absolute Gasteiger partial charge is 0.390 e. The van der Waals surface area contributed by atoms with Crippen molar-refractivity contribution >= 4 is 17.1 Å². The molecule has 0 aliphatic heterocycles. The first-order valence-electron chi connectivity index (χ1n) is 4.18. The van der Waals surface area contributed by atoms with E-state index < -0.39 is 0 Å². The molecule has 0 bridgehead atoms. The highest BCUT2D eigenvalue weighted by molar-refractivity contribution is 8.08. The zero-order valence-corrected chi connectivity index (χ0v) is 8.86. The number of carbonyl (C=O) groups excluding carboxylic acids is 1. The number of hydrogen-bond donors (Lipinski definition) is 1. The summed E-state index contributed by atoms with van der Waals surface area (Å²) in [5, 5.41) is 8.91. The first-order chi connectivity index (χ1) is 5.52. The Morgan fingerprint density at radius 3 is 2.50 bits per heavy atom. The van der Waals surface area contributed by atoms with E-state index in [0.717, 1.165) is 6.42 Å². The van der Waals surface area contributed by atoms with E-state index in [1.165, 1.54) is 11.9 Å². The van der Waals surface area contributed by atoms with Crippen molar-refractivity contribution in [1.29, 1.82) is 0 Å². The molecule has 0 unspecified atom stereocenters. The summed E-state index contributed by atoms with van der Waals surface area (Å²) in [4.78, 5) is 11.2. The van der Waals surface area contributed by atoms with Gasteiger partial charge in [-0.15, -0.1) is 0 Å². The molecule has 0 radical (unpaired) electrons. The predicted octanol–water partition coefficient (Wildman–Crippen LogP) is 1.03. The highest BCUT2D eigenvalue weighted by atomic mass is 32.2. The summed E-state index contributed by atoms with van der Waals surface area (Å²) in [6, 6.07) is 0. The van der Waals surface area contributed by atoms with Gasteiger partial charge in [0.25, 0.3) is 0 Å². The minimum Gasteiger partial charge on any atom is -0.390 e. The number of rotatable bonds is 5. The maximum atomic E-state index is 11.2. The standard InChI is InChI=1S/C8H18NO2S/c1-4-5-8(11)12-9(2,3)6-7-10/h10H,4-7H2,1-3H3/q+1. The van der Waals surface area contributed by atoms with Crippen LogP contribution in [0.25, 0.3) is 0 Å². The van der Waals surface area contributed by atoms with Crippen LogP contribution in [0.5, 0.6) is 0 Å². The number of nitrogens with zero attached hydrogens (tertiary/aromatic N) is 1. The van der Waals surface area contributed by atoms with Crippen molar-refractivity contribution < 1.29 is 13.8 Å². The van der Waals surface area contributed by atoms with Crippen LogP contribution in [0.4, 0.5) is 0 Å². The van der Waals surface area contributed by atoms with Crippen LogP contribution in [0.3, 0.4) is 0 Å². The van der Waals surface area contributed by atoms with Crippen LogP contribution in [0.1, 0.15) is 19.8 Å².